The molecule has 1 saturated heterocycles. The van der Waals surface area contributed by atoms with Crippen LogP contribution in [-0.2, 0) is 21.2 Å². The van der Waals surface area contributed by atoms with E-state index in [4.69, 9.17) is 0 Å². The molecule has 1 amide bonds. The van der Waals surface area contributed by atoms with E-state index in [1.165, 1.54) is 9.87 Å². The van der Waals surface area contributed by atoms with Gasteiger partial charge in [0.1, 0.15) is 0 Å². The minimum atomic E-state index is -3.64. The fourth-order valence-electron chi connectivity index (χ4n) is 4.31. The number of aryl methyl sites for hydroxylation is 1. The molecule has 0 saturated carbocycles. The predicted molar refractivity (Wildman–Crippen MR) is 128 cm³/mol. The lowest BCUT2D eigenvalue weighted by Crippen LogP contribution is -2.47. The van der Waals surface area contributed by atoms with Crippen LogP contribution in [0.5, 0.6) is 0 Å². The first-order chi connectivity index (χ1) is 15.4. The molecule has 0 bridgehead atoms. The first-order valence-electron chi connectivity index (χ1n) is 11.3. The lowest BCUT2D eigenvalue weighted by atomic mass is 9.98. The second kappa shape index (κ2) is 9.84. The second-order valence-electron chi connectivity index (χ2n) is 8.65. The molecule has 6 heteroatoms. The third-order valence-corrected chi connectivity index (χ3v) is 8.07. The van der Waals surface area contributed by atoms with Crippen LogP contribution < -0.4 is 5.32 Å². The Hall–Kier alpha value is -2.70. The zero-order valence-electron chi connectivity index (χ0n) is 18.4. The Bertz CT molecular complexity index is 1180. The van der Waals surface area contributed by atoms with Crippen LogP contribution in [0.2, 0.25) is 0 Å². The van der Waals surface area contributed by atoms with Crippen LogP contribution in [0.25, 0.3) is 10.8 Å². The lowest BCUT2D eigenvalue weighted by Gasteiger charge is -2.32. The molecule has 2 atom stereocenters. The van der Waals surface area contributed by atoms with Crippen LogP contribution in [0.3, 0.4) is 0 Å². The Labute approximate surface area is 190 Å². The lowest BCUT2D eigenvalue weighted by molar-refractivity contribution is -0.126. The average molecular weight is 451 g/mol. The van der Waals surface area contributed by atoms with Crippen LogP contribution >= 0.6 is 0 Å². The molecule has 5 nitrogen and oxygen atoms in total. The quantitative estimate of drug-likeness (QED) is 0.581. The molecule has 32 heavy (non-hydrogen) atoms. The third kappa shape index (κ3) is 5.19. The highest BCUT2D eigenvalue weighted by Crippen LogP contribution is 2.26. The molecule has 0 radical (unpaired) electrons. The number of benzene rings is 3. The van der Waals surface area contributed by atoms with Crippen molar-refractivity contribution in [3.63, 3.8) is 0 Å². The molecule has 1 aliphatic rings. The van der Waals surface area contributed by atoms with Gasteiger partial charge in [-0.25, -0.2) is 8.42 Å². The van der Waals surface area contributed by atoms with Crippen molar-refractivity contribution in [3.05, 3.63) is 78.4 Å². The molecule has 1 heterocycles. The van der Waals surface area contributed by atoms with Crippen molar-refractivity contribution < 1.29 is 13.2 Å². The largest absolute Gasteiger partial charge is 0.353 e. The topological polar surface area (TPSA) is 66.5 Å². The molecule has 0 aromatic heterocycles. The number of carbonyl (C=O) groups is 1. The van der Waals surface area contributed by atoms with Crippen molar-refractivity contribution in [2.75, 3.05) is 13.1 Å². The van der Waals surface area contributed by atoms with E-state index >= 15 is 0 Å². The standard InChI is InChI=1S/C26H30N2O3S/c1-20(13-14-21-8-3-2-4-9-21)27-26(29)24-12-7-17-28(19-24)32(30,31)25-16-15-22-10-5-6-11-23(22)18-25/h2-6,8-11,15-16,18,20,24H,7,12-14,17,19H2,1H3,(H,27,29)/t20-,24-/m1/s1. The van der Waals surface area contributed by atoms with E-state index in [1.807, 2.05) is 55.5 Å². The van der Waals surface area contributed by atoms with Gasteiger partial charge in [-0.05, 0) is 61.1 Å². The van der Waals surface area contributed by atoms with Gasteiger partial charge in [-0.3, -0.25) is 4.79 Å². The van der Waals surface area contributed by atoms with Crippen LogP contribution in [0, 0.1) is 5.92 Å². The molecule has 3 aromatic carbocycles. The van der Waals surface area contributed by atoms with Gasteiger partial charge in [0.2, 0.25) is 15.9 Å². The average Bonchev–Trinajstić information content (AvgIpc) is 2.83. The van der Waals surface area contributed by atoms with Gasteiger partial charge in [0, 0.05) is 19.1 Å². The van der Waals surface area contributed by atoms with Gasteiger partial charge in [-0.2, -0.15) is 4.31 Å². The molecule has 1 N–H and O–H groups in total. The molecule has 168 valence electrons. The minimum absolute atomic E-state index is 0.0372. The van der Waals surface area contributed by atoms with E-state index in [0.717, 1.165) is 23.6 Å². The molecule has 0 aliphatic carbocycles. The smallest absolute Gasteiger partial charge is 0.243 e. The maximum atomic E-state index is 13.3. The number of fused-ring (bicyclic) bond motifs is 1. The Morgan fingerprint density at radius 2 is 1.75 bits per heavy atom. The number of hydrogen-bond donors (Lipinski definition) is 1. The molecule has 1 fully saturated rings. The second-order valence-corrected chi connectivity index (χ2v) is 10.6. The highest BCUT2D eigenvalue weighted by molar-refractivity contribution is 7.89. The summed E-state index contributed by atoms with van der Waals surface area (Å²) >= 11 is 0. The summed E-state index contributed by atoms with van der Waals surface area (Å²) in [4.78, 5) is 13.2. The number of sulfonamides is 1. The van der Waals surface area contributed by atoms with Gasteiger partial charge in [0.05, 0.1) is 10.8 Å². The maximum absolute atomic E-state index is 13.3. The Balaban J connectivity index is 1.38. The maximum Gasteiger partial charge on any atom is 0.243 e. The molecule has 0 spiro atoms. The van der Waals surface area contributed by atoms with Crippen molar-refractivity contribution >= 4 is 26.7 Å². The molecule has 1 aliphatic heterocycles. The van der Waals surface area contributed by atoms with E-state index in [9.17, 15) is 13.2 Å². The van der Waals surface area contributed by atoms with Crippen molar-refractivity contribution in [2.24, 2.45) is 5.92 Å². The minimum Gasteiger partial charge on any atom is -0.353 e. The van der Waals surface area contributed by atoms with Gasteiger partial charge < -0.3 is 5.32 Å². The SMILES string of the molecule is C[C@H](CCc1ccccc1)NC(=O)[C@@H]1CCCN(S(=O)(=O)c2ccc3ccccc3c2)C1. The summed E-state index contributed by atoms with van der Waals surface area (Å²) in [7, 11) is -3.64. The van der Waals surface area contributed by atoms with Gasteiger partial charge in [-0.15, -0.1) is 0 Å². The number of nitrogens with one attached hydrogen (secondary N) is 1. The highest BCUT2D eigenvalue weighted by Gasteiger charge is 2.33. The number of nitrogens with zero attached hydrogens (tertiary/aromatic N) is 1. The van der Waals surface area contributed by atoms with Gasteiger partial charge >= 0.3 is 0 Å². The van der Waals surface area contributed by atoms with Crippen molar-refractivity contribution in [3.8, 4) is 0 Å². The molecular formula is C26H30N2O3S. The first kappa shape index (κ1) is 22.5. The summed E-state index contributed by atoms with van der Waals surface area (Å²) in [6, 6.07) is 23.2. The van der Waals surface area contributed by atoms with E-state index < -0.39 is 10.0 Å². The Morgan fingerprint density at radius 1 is 1.03 bits per heavy atom. The van der Waals surface area contributed by atoms with E-state index in [0.29, 0.717) is 19.4 Å². The van der Waals surface area contributed by atoms with E-state index in [1.54, 1.807) is 12.1 Å². The fourth-order valence-corrected chi connectivity index (χ4v) is 5.87. The van der Waals surface area contributed by atoms with Gasteiger partial charge in [0.15, 0.2) is 0 Å². The molecule has 4 rings (SSSR count). The zero-order valence-corrected chi connectivity index (χ0v) is 19.2. The Kier molecular flexibility index (Phi) is 6.92. The van der Waals surface area contributed by atoms with Crippen LogP contribution in [0.15, 0.2) is 77.7 Å². The predicted octanol–water partition coefficient (Wildman–Crippen LogP) is 4.38. The van der Waals surface area contributed by atoms with E-state index in [-0.39, 0.29) is 29.3 Å². The number of carbonyl (C=O) groups excluding carboxylic acids is 1. The normalized spacial score (nSPS) is 18.3. The van der Waals surface area contributed by atoms with Gasteiger partial charge in [0.25, 0.3) is 0 Å². The molecule has 0 unspecified atom stereocenters. The van der Waals surface area contributed by atoms with Crippen molar-refractivity contribution in [2.45, 2.75) is 43.5 Å². The summed E-state index contributed by atoms with van der Waals surface area (Å²) < 4.78 is 28.0. The summed E-state index contributed by atoms with van der Waals surface area (Å²) in [5.41, 5.74) is 1.25. The number of amides is 1. The van der Waals surface area contributed by atoms with E-state index in [2.05, 4.69) is 17.4 Å². The monoisotopic (exact) mass is 450 g/mol. The summed E-state index contributed by atoms with van der Waals surface area (Å²) in [5.74, 6) is -0.373. The number of piperidine rings is 1. The number of hydrogen-bond acceptors (Lipinski definition) is 3. The van der Waals surface area contributed by atoms with Crippen LogP contribution in [0.1, 0.15) is 31.7 Å². The summed E-state index contributed by atoms with van der Waals surface area (Å²) in [5, 5.41) is 5.00. The summed E-state index contributed by atoms with van der Waals surface area (Å²) in [6.07, 6.45) is 3.14. The van der Waals surface area contributed by atoms with Crippen molar-refractivity contribution in [1.82, 2.24) is 9.62 Å². The third-order valence-electron chi connectivity index (χ3n) is 6.21. The fraction of sp³-hybridized carbons (Fsp3) is 0.346. The molecule has 3 aromatic rings. The summed E-state index contributed by atoms with van der Waals surface area (Å²) in [6.45, 7) is 2.68. The molecular weight excluding hydrogens is 420 g/mol. The highest BCUT2D eigenvalue weighted by atomic mass is 32.2. The van der Waals surface area contributed by atoms with Crippen molar-refractivity contribution in [1.29, 1.82) is 0 Å². The van der Waals surface area contributed by atoms with Gasteiger partial charge in [-0.1, -0.05) is 60.7 Å². The van der Waals surface area contributed by atoms with Crippen LogP contribution in [-0.4, -0.2) is 37.8 Å². The Morgan fingerprint density at radius 3 is 2.53 bits per heavy atom. The van der Waals surface area contributed by atoms with Crippen LogP contribution in [0.4, 0.5) is 0 Å². The first-order valence-corrected chi connectivity index (χ1v) is 12.7. The number of rotatable bonds is 7. The zero-order chi connectivity index (χ0) is 22.6.